The van der Waals surface area contributed by atoms with Crippen molar-refractivity contribution in [2.75, 3.05) is 0 Å². The molecule has 0 bridgehead atoms. The molecule has 2 nitrogen and oxygen atoms in total. The van der Waals surface area contributed by atoms with Crippen LogP contribution in [0.3, 0.4) is 0 Å². The first kappa shape index (κ1) is 8.37. The van der Waals surface area contributed by atoms with Gasteiger partial charge in [0, 0.05) is 5.56 Å². The average Bonchev–Trinajstić information content (AvgIpc) is 2.42. The Bertz CT molecular complexity index is 488. The van der Waals surface area contributed by atoms with E-state index >= 15 is 0 Å². The average molecular weight is 201 g/mol. The van der Waals surface area contributed by atoms with Crippen LogP contribution in [0.4, 0.5) is 8.78 Å². The first-order chi connectivity index (χ1) is 6.16. The number of hydrogen-bond acceptors (Lipinski definition) is 2. The van der Waals surface area contributed by atoms with E-state index in [4.69, 9.17) is 16.6 Å². The van der Waals surface area contributed by atoms with Gasteiger partial charge < -0.3 is 9.40 Å². The molecule has 0 unspecified atom stereocenters. The highest BCUT2D eigenvalue weighted by molar-refractivity contribution is 7.71. The summed E-state index contributed by atoms with van der Waals surface area (Å²) in [4.78, 5) is 2.86. The van der Waals surface area contributed by atoms with Crippen LogP contribution in [-0.4, -0.2) is 4.98 Å². The number of halogens is 2. The summed E-state index contributed by atoms with van der Waals surface area (Å²) in [6, 6.07) is 4.13. The lowest BCUT2D eigenvalue weighted by Crippen LogP contribution is -1.82. The van der Waals surface area contributed by atoms with E-state index in [9.17, 15) is 8.78 Å². The maximum atomic E-state index is 12.2. The van der Waals surface area contributed by atoms with Gasteiger partial charge in [-0.15, -0.1) is 0 Å². The van der Waals surface area contributed by atoms with E-state index in [0.717, 1.165) is 0 Å². The normalized spacial score (nSPS) is 11.3. The molecular weight excluding hydrogens is 196 g/mol. The van der Waals surface area contributed by atoms with E-state index in [0.29, 0.717) is 11.1 Å². The number of rotatable bonds is 1. The zero-order valence-corrected chi connectivity index (χ0v) is 7.20. The lowest BCUT2D eigenvalue weighted by atomic mass is 10.2. The number of fused-ring (bicyclic) bond motifs is 1. The molecule has 2 aromatic rings. The van der Waals surface area contributed by atoms with Gasteiger partial charge in [0.2, 0.25) is 0 Å². The Kier molecular flexibility index (Phi) is 1.88. The Labute approximate surface area is 77.2 Å². The maximum absolute atomic E-state index is 12.2. The fraction of sp³-hybridized carbons (Fsp3) is 0.125. The topological polar surface area (TPSA) is 28.9 Å². The van der Waals surface area contributed by atoms with Crippen LogP contribution < -0.4 is 0 Å². The smallest absolute Gasteiger partial charge is 0.266 e. The monoisotopic (exact) mass is 201 g/mol. The van der Waals surface area contributed by atoms with Gasteiger partial charge in [0.05, 0.1) is 5.52 Å². The van der Waals surface area contributed by atoms with Crippen molar-refractivity contribution in [1.82, 2.24) is 4.98 Å². The van der Waals surface area contributed by atoms with Crippen LogP contribution in [0.15, 0.2) is 22.6 Å². The van der Waals surface area contributed by atoms with Crippen molar-refractivity contribution < 1.29 is 13.2 Å². The van der Waals surface area contributed by atoms with E-state index in [-0.39, 0.29) is 10.4 Å². The lowest BCUT2D eigenvalue weighted by Gasteiger charge is -1.96. The summed E-state index contributed by atoms with van der Waals surface area (Å²) < 4.78 is 29.5. The molecule has 5 heteroatoms. The van der Waals surface area contributed by atoms with Gasteiger partial charge in [-0.25, -0.2) is 8.78 Å². The number of nitrogens with one attached hydrogen (secondary N) is 1. The molecule has 1 aromatic heterocycles. The van der Waals surface area contributed by atoms with Crippen LogP contribution in [0.25, 0.3) is 11.1 Å². The van der Waals surface area contributed by atoms with Gasteiger partial charge in [0.25, 0.3) is 11.3 Å². The van der Waals surface area contributed by atoms with Crippen molar-refractivity contribution in [2.45, 2.75) is 6.43 Å². The molecule has 0 radical (unpaired) electrons. The Morgan fingerprint density at radius 1 is 1.38 bits per heavy atom. The van der Waals surface area contributed by atoms with Crippen LogP contribution in [0.2, 0.25) is 0 Å². The van der Waals surface area contributed by atoms with Crippen molar-refractivity contribution in [2.24, 2.45) is 0 Å². The molecule has 0 atom stereocenters. The van der Waals surface area contributed by atoms with Crippen molar-refractivity contribution in [3.8, 4) is 0 Å². The molecule has 0 aliphatic carbocycles. The number of oxazole rings is 1. The number of hydrogen-bond donors (Lipinski definition) is 1. The molecule has 0 aliphatic heterocycles. The molecule has 1 N–H and O–H groups in total. The standard InChI is InChI=1S/C8H5F2NOS/c9-7(10)4-1-2-6-5(3-4)11-8(13)12-6/h1-3,7H,(H,11,13). The molecular formula is C8H5F2NOS. The lowest BCUT2D eigenvalue weighted by molar-refractivity contribution is 0.151. The summed E-state index contributed by atoms with van der Waals surface area (Å²) in [5.74, 6) is 0. The minimum atomic E-state index is -2.47. The maximum Gasteiger partial charge on any atom is 0.266 e. The molecule has 1 heterocycles. The number of alkyl halides is 2. The van der Waals surface area contributed by atoms with Gasteiger partial charge in [-0.3, -0.25) is 0 Å². The van der Waals surface area contributed by atoms with E-state index in [1.807, 2.05) is 0 Å². The number of aromatic amines is 1. The van der Waals surface area contributed by atoms with E-state index in [2.05, 4.69) is 4.98 Å². The summed E-state index contributed by atoms with van der Waals surface area (Å²) in [6.45, 7) is 0. The molecule has 0 saturated heterocycles. The number of benzene rings is 1. The summed E-state index contributed by atoms with van der Waals surface area (Å²) in [5, 5.41) is 0. The van der Waals surface area contributed by atoms with Gasteiger partial charge in [0.1, 0.15) is 0 Å². The Hall–Kier alpha value is -1.23. The second-order valence-electron chi connectivity index (χ2n) is 2.57. The first-order valence-electron chi connectivity index (χ1n) is 3.58. The predicted octanol–water partition coefficient (Wildman–Crippen LogP) is 3.43. The third kappa shape index (κ3) is 1.47. The van der Waals surface area contributed by atoms with E-state index < -0.39 is 6.43 Å². The molecule has 0 spiro atoms. The van der Waals surface area contributed by atoms with Crippen molar-refractivity contribution in [1.29, 1.82) is 0 Å². The molecule has 0 amide bonds. The SMILES string of the molecule is FC(F)c1ccc2oc(=S)[nH]c2c1. The molecule has 2 rings (SSSR count). The molecule has 0 aliphatic rings. The summed E-state index contributed by atoms with van der Waals surface area (Å²) in [6.07, 6.45) is -2.47. The zero-order chi connectivity index (χ0) is 9.42. The van der Waals surface area contributed by atoms with Crippen LogP contribution in [-0.2, 0) is 0 Å². The van der Waals surface area contributed by atoms with Gasteiger partial charge in [0.15, 0.2) is 5.58 Å². The van der Waals surface area contributed by atoms with Crippen LogP contribution in [0, 0.1) is 4.84 Å². The molecule has 0 fully saturated rings. The molecule has 68 valence electrons. The largest absolute Gasteiger partial charge is 0.429 e. The van der Waals surface area contributed by atoms with E-state index in [1.165, 1.54) is 18.2 Å². The van der Waals surface area contributed by atoms with Crippen LogP contribution >= 0.6 is 12.2 Å². The molecule has 1 aromatic carbocycles. The zero-order valence-electron chi connectivity index (χ0n) is 6.38. The summed E-state index contributed by atoms with van der Waals surface area (Å²) >= 11 is 4.71. The van der Waals surface area contributed by atoms with Gasteiger partial charge in [-0.1, -0.05) is 0 Å². The fourth-order valence-electron chi connectivity index (χ4n) is 1.11. The fourth-order valence-corrected chi connectivity index (χ4v) is 1.31. The molecule has 13 heavy (non-hydrogen) atoms. The predicted molar refractivity (Wildman–Crippen MR) is 46.4 cm³/mol. The summed E-state index contributed by atoms with van der Waals surface area (Å²) in [5.41, 5.74) is 0.955. The first-order valence-corrected chi connectivity index (χ1v) is 3.98. The van der Waals surface area contributed by atoms with Crippen molar-refractivity contribution in [3.63, 3.8) is 0 Å². The highest BCUT2D eigenvalue weighted by Gasteiger charge is 2.08. The quantitative estimate of drug-likeness (QED) is 0.716. The number of aromatic nitrogens is 1. The summed E-state index contributed by atoms with van der Waals surface area (Å²) in [7, 11) is 0. The number of H-pyrrole nitrogens is 1. The molecule has 0 saturated carbocycles. The Balaban J connectivity index is 2.68. The second kappa shape index (κ2) is 2.92. The minimum absolute atomic E-state index is 0.0421. The van der Waals surface area contributed by atoms with Crippen molar-refractivity contribution >= 4 is 23.3 Å². The third-order valence-corrected chi connectivity index (χ3v) is 1.88. The van der Waals surface area contributed by atoms with Crippen LogP contribution in [0.1, 0.15) is 12.0 Å². The van der Waals surface area contributed by atoms with Crippen molar-refractivity contribution in [3.05, 3.63) is 28.6 Å². The van der Waals surface area contributed by atoms with Crippen LogP contribution in [0.5, 0.6) is 0 Å². The Morgan fingerprint density at radius 2 is 2.15 bits per heavy atom. The highest BCUT2D eigenvalue weighted by atomic mass is 32.1. The van der Waals surface area contributed by atoms with E-state index in [1.54, 1.807) is 0 Å². The Morgan fingerprint density at radius 3 is 2.85 bits per heavy atom. The second-order valence-corrected chi connectivity index (χ2v) is 2.94. The minimum Gasteiger partial charge on any atom is -0.429 e. The third-order valence-electron chi connectivity index (χ3n) is 1.69. The van der Waals surface area contributed by atoms with Gasteiger partial charge in [-0.05, 0) is 30.4 Å². The van der Waals surface area contributed by atoms with Gasteiger partial charge >= 0.3 is 0 Å². The highest BCUT2D eigenvalue weighted by Crippen LogP contribution is 2.22. The van der Waals surface area contributed by atoms with Gasteiger partial charge in [-0.2, -0.15) is 0 Å².